The summed E-state index contributed by atoms with van der Waals surface area (Å²) < 4.78 is 24.2. The summed E-state index contributed by atoms with van der Waals surface area (Å²) in [5, 5.41) is 16.5. The van der Waals surface area contributed by atoms with Gasteiger partial charge in [0.2, 0.25) is 10.0 Å². The van der Waals surface area contributed by atoms with E-state index in [1.807, 2.05) is 0 Å². The van der Waals surface area contributed by atoms with E-state index in [0.717, 1.165) is 4.31 Å². The Morgan fingerprint density at radius 1 is 1.69 bits per heavy atom. The molecule has 0 aliphatic carbocycles. The van der Waals surface area contributed by atoms with E-state index in [9.17, 15) is 8.42 Å². The first-order valence-electron chi connectivity index (χ1n) is 4.09. The lowest BCUT2D eigenvalue weighted by Crippen LogP contribution is -2.55. The summed E-state index contributed by atoms with van der Waals surface area (Å²) >= 11 is 0. The molecule has 1 heterocycles. The molecule has 0 bridgehead atoms. The number of β-amino-alcohol motifs (C(OH)–C–C–N with tert-alkyl or cyclic N) is 1. The fraction of sp³-hybridized carbons (Fsp3) is 0.857. The first-order chi connectivity index (χ1) is 6.02. The second-order valence-electron chi connectivity index (χ2n) is 3.04. The van der Waals surface area contributed by atoms with Gasteiger partial charge in [-0.15, -0.1) is 0 Å². The Labute approximate surface area is 77.6 Å². The zero-order valence-corrected chi connectivity index (χ0v) is 8.16. The van der Waals surface area contributed by atoms with Gasteiger partial charge < -0.3 is 5.11 Å². The molecule has 0 aromatic rings. The third-order valence-electron chi connectivity index (χ3n) is 2.06. The van der Waals surface area contributed by atoms with E-state index >= 15 is 0 Å². The standard InChI is InChI=1S/C7H12N2O3S/c1-2-7(3-8)13(11,12)9-4-6(10)5-9/h6-7,10H,2,4-5H2,1H3. The molecular formula is C7H12N2O3S. The maximum Gasteiger partial charge on any atom is 0.230 e. The van der Waals surface area contributed by atoms with Gasteiger partial charge in [-0.1, -0.05) is 6.92 Å². The van der Waals surface area contributed by atoms with E-state index in [2.05, 4.69) is 0 Å². The van der Waals surface area contributed by atoms with E-state index in [0.29, 0.717) is 0 Å². The second-order valence-corrected chi connectivity index (χ2v) is 5.16. The van der Waals surface area contributed by atoms with Gasteiger partial charge in [0.05, 0.1) is 12.2 Å². The van der Waals surface area contributed by atoms with Crippen LogP contribution in [0.5, 0.6) is 0 Å². The molecule has 0 saturated carbocycles. The quantitative estimate of drug-likeness (QED) is 0.658. The summed E-state index contributed by atoms with van der Waals surface area (Å²) in [4.78, 5) is 0. The summed E-state index contributed by atoms with van der Waals surface area (Å²) in [6.45, 7) is 1.91. The van der Waals surface area contributed by atoms with Crippen LogP contribution in [-0.4, -0.2) is 42.3 Å². The molecule has 74 valence electrons. The van der Waals surface area contributed by atoms with Gasteiger partial charge in [-0.2, -0.15) is 9.57 Å². The molecule has 0 radical (unpaired) electrons. The van der Waals surface area contributed by atoms with Gasteiger partial charge in [0.15, 0.2) is 5.25 Å². The topological polar surface area (TPSA) is 81.4 Å². The van der Waals surface area contributed by atoms with Crippen LogP contribution in [0.25, 0.3) is 0 Å². The SMILES string of the molecule is CCC(C#N)S(=O)(=O)N1CC(O)C1. The second kappa shape index (κ2) is 3.62. The van der Waals surface area contributed by atoms with Crippen molar-refractivity contribution in [3.05, 3.63) is 0 Å². The van der Waals surface area contributed by atoms with Crippen molar-refractivity contribution in [3.8, 4) is 6.07 Å². The summed E-state index contributed by atoms with van der Waals surface area (Å²) in [6, 6.07) is 1.74. The molecule has 1 fully saturated rings. The Morgan fingerprint density at radius 2 is 2.23 bits per heavy atom. The van der Waals surface area contributed by atoms with Crippen molar-refractivity contribution in [2.45, 2.75) is 24.7 Å². The molecular weight excluding hydrogens is 192 g/mol. The van der Waals surface area contributed by atoms with Crippen molar-refractivity contribution in [1.82, 2.24) is 4.31 Å². The highest BCUT2D eigenvalue weighted by molar-refractivity contribution is 7.90. The highest BCUT2D eigenvalue weighted by Crippen LogP contribution is 2.18. The maximum atomic E-state index is 11.5. The molecule has 0 aromatic heterocycles. The fourth-order valence-electron chi connectivity index (χ4n) is 1.17. The lowest BCUT2D eigenvalue weighted by Gasteiger charge is -2.35. The van der Waals surface area contributed by atoms with Crippen LogP contribution in [0, 0.1) is 11.3 Å². The number of hydrogen-bond acceptors (Lipinski definition) is 4. The minimum Gasteiger partial charge on any atom is -0.390 e. The van der Waals surface area contributed by atoms with Crippen LogP contribution in [0.1, 0.15) is 13.3 Å². The van der Waals surface area contributed by atoms with Gasteiger partial charge in [0.1, 0.15) is 0 Å². The van der Waals surface area contributed by atoms with Crippen LogP contribution >= 0.6 is 0 Å². The normalized spacial score (nSPS) is 21.9. The largest absolute Gasteiger partial charge is 0.390 e. The number of nitrogens with zero attached hydrogens (tertiary/aromatic N) is 2. The molecule has 0 spiro atoms. The predicted molar refractivity (Wildman–Crippen MR) is 46.2 cm³/mol. The van der Waals surface area contributed by atoms with Crippen LogP contribution in [-0.2, 0) is 10.0 Å². The Morgan fingerprint density at radius 3 is 2.54 bits per heavy atom. The number of hydrogen-bond donors (Lipinski definition) is 1. The summed E-state index contributed by atoms with van der Waals surface area (Å²) in [5.74, 6) is 0. The van der Waals surface area contributed by atoms with Gasteiger partial charge in [-0.3, -0.25) is 0 Å². The van der Waals surface area contributed by atoms with Crippen LogP contribution < -0.4 is 0 Å². The van der Waals surface area contributed by atoms with Crippen molar-refractivity contribution < 1.29 is 13.5 Å². The molecule has 0 amide bonds. The van der Waals surface area contributed by atoms with Crippen molar-refractivity contribution in [2.75, 3.05) is 13.1 Å². The summed E-state index contributed by atoms with van der Waals surface area (Å²) in [5.41, 5.74) is 0. The molecule has 1 rings (SSSR count). The predicted octanol–water partition coefficient (Wildman–Crippen LogP) is -0.705. The van der Waals surface area contributed by atoms with Crippen molar-refractivity contribution in [3.63, 3.8) is 0 Å². The molecule has 1 saturated heterocycles. The maximum absolute atomic E-state index is 11.5. The molecule has 5 nitrogen and oxygen atoms in total. The first kappa shape index (κ1) is 10.4. The zero-order valence-electron chi connectivity index (χ0n) is 7.34. The Kier molecular flexibility index (Phi) is 2.91. The van der Waals surface area contributed by atoms with E-state index in [-0.39, 0.29) is 19.5 Å². The van der Waals surface area contributed by atoms with E-state index in [4.69, 9.17) is 10.4 Å². The summed E-state index contributed by atoms with van der Waals surface area (Å²) in [7, 11) is -3.49. The van der Waals surface area contributed by atoms with Gasteiger partial charge in [0.25, 0.3) is 0 Å². The van der Waals surface area contributed by atoms with Crippen LogP contribution in [0.15, 0.2) is 0 Å². The molecule has 1 unspecified atom stereocenters. The smallest absolute Gasteiger partial charge is 0.230 e. The average molecular weight is 204 g/mol. The third kappa shape index (κ3) is 1.82. The lowest BCUT2D eigenvalue weighted by atomic mass is 10.2. The van der Waals surface area contributed by atoms with Crippen molar-refractivity contribution in [1.29, 1.82) is 5.26 Å². The van der Waals surface area contributed by atoms with Crippen LogP contribution in [0.4, 0.5) is 0 Å². The summed E-state index contributed by atoms with van der Waals surface area (Å²) in [6.07, 6.45) is -0.281. The minimum absolute atomic E-state index is 0.126. The molecule has 13 heavy (non-hydrogen) atoms. The average Bonchev–Trinajstić information content (AvgIpc) is 2.00. The van der Waals surface area contributed by atoms with Crippen molar-refractivity contribution in [2.24, 2.45) is 0 Å². The van der Waals surface area contributed by atoms with E-state index < -0.39 is 21.4 Å². The van der Waals surface area contributed by atoms with Crippen molar-refractivity contribution >= 4 is 10.0 Å². The van der Waals surface area contributed by atoms with Crippen LogP contribution in [0.2, 0.25) is 0 Å². The van der Waals surface area contributed by atoms with Gasteiger partial charge >= 0.3 is 0 Å². The highest BCUT2D eigenvalue weighted by atomic mass is 32.2. The molecule has 1 aliphatic heterocycles. The van der Waals surface area contributed by atoms with Gasteiger partial charge in [-0.25, -0.2) is 8.42 Å². The lowest BCUT2D eigenvalue weighted by molar-refractivity contribution is 0.0544. The fourth-order valence-corrected chi connectivity index (χ4v) is 2.85. The highest BCUT2D eigenvalue weighted by Gasteiger charge is 2.38. The monoisotopic (exact) mass is 204 g/mol. The first-order valence-corrected chi connectivity index (χ1v) is 5.59. The molecule has 1 N–H and O–H groups in total. The molecule has 1 aliphatic rings. The van der Waals surface area contributed by atoms with Crippen LogP contribution in [0.3, 0.4) is 0 Å². The number of aliphatic hydroxyl groups excluding tert-OH is 1. The number of aliphatic hydroxyl groups is 1. The Balaban J connectivity index is 2.72. The molecule has 6 heteroatoms. The Hall–Kier alpha value is -0.640. The van der Waals surface area contributed by atoms with Gasteiger partial charge in [-0.05, 0) is 6.42 Å². The zero-order chi connectivity index (χ0) is 10.1. The number of nitriles is 1. The number of sulfonamides is 1. The van der Waals surface area contributed by atoms with Gasteiger partial charge in [0, 0.05) is 13.1 Å². The third-order valence-corrected chi connectivity index (χ3v) is 4.24. The van der Waals surface area contributed by atoms with E-state index in [1.54, 1.807) is 13.0 Å². The van der Waals surface area contributed by atoms with E-state index in [1.165, 1.54) is 0 Å². The minimum atomic E-state index is -3.49. The Bertz CT molecular complexity index is 313. The number of rotatable bonds is 3. The molecule has 1 atom stereocenters. The molecule has 0 aromatic carbocycles.